The molecule has 0 saturated heterocycles. The van der Waals surface area contributed by atoms with E-state index >= 15 is 0 Å². The van der Waals surface area contributed by atoms with E-state index in [1.165, 1.54) is 0 Å². The van der Waals surface area contributed by atoms with Gasteiger partial charge in [-0.25, -0.2) is 0 Å². The zero-order valence-electron chi connectivity index (χ0n) is 10.7. The number of aryl methyl sites for hydroxylation is 1. The van der Waals surface area contributed by atoms with Crippen molar-refractivity contribution < 1.29 is 10.0 Å². The number of nitrogens with zero attached hydrogens (tertiary/aromatic N) is 1. The van der Waals surface area contributed by atoms with Gasteiger partial charge in [0.2, 0.25) is 0 Å². The number of nitrogens with one attached hydrogen (secondary N) is 1. The fourth-order valence-corrected chi connectivity index (χ4v) is 1.60. The number of hydrogen-bond acceptors (Lipinski definition) is 3. The van der Waals surface area contributed by atoms with Crippen molar-refractivity contribution in [2.24, 2.45) is 10.9 Å². The Hall–Kier alpha value is -2.04. The first kappa shape index (κ1) is 14.0. The number of nitrogens with two attached hydrogens (primary N) is 1. The number of rotatable bonds is 5. The Morgan fingerprint density at radius 1 is 1.44 bits per heavy atom. The molecule has 98 valence electrons. The molecule has 0 bridgehead atoms. The van der Waals surface area contributed by atoms with Gasteiger partial charge in [-0.2, -0.15) is 0 Å². The van der Waals surface area contributed by atoms with E-state index in [0.717, 1.165) is 12.0 Å². The Balaban J connectivity index is 2.75. The summed E-state index contributed by atoms with van der Waals surface area (Å²) in [4.78, 5) is 12.0. The normalized spacial score (nSPS) is 13.1. The topological polar surface area (TPSA) is 87.7 Å². The third kappa shape index (κ3) is 3.76. The van der Waals surface area contributed by atoms with E-state index < -0.39 is 6.04 Å². The average molecular weight is 249 g/mol. The highest BCUT2D eigenvalue weighted by Gasteiger charge is 2.16. The van der Waals surface area contributed by atoms with Gasteiger partial charge < -0.3 is 16.3 Å². The van der Waals surface area contributed by atoms with E-state index in [9.17, 15) is 4.79 Å². The smallest absolute Gasteiger partial charge is 0.251 e. The standard InChI is InChI=1S/C13H19N3O2/c1-3-4-11(12(14)16-18)15-13(17)10-7-5-9(2)6-8-10/h5-8,11,18H,3-4H2,1-2H3,(H2,14,16)(H,15,17). The maximum absolute atomic E-state index is 12.0. The van der Waals surface area contributed by atoms with Gasteiger partial charge in [0.25, 0.3) is 5.91 Å². The summed E-state index contributed by atoms with van der Waals surface area (Å²) in [6, 6.07) is 6.80. The Kier molecular flexibility index (Phi) is 5.17. The Labute approximate surface area is 107 Å². The van der Waals surface area contributed by atoms with Gasteiger partial charge in [-0.15, -0.1) is 0 Å². The minimum Gasteiger partial charge on any atom is -0.409 e. The summed E-state index contributed by atoms with van der Waals surface area (Å²) >= 11 is 0. The van der Waals surface area contributed by atoms with Gasteiger partial charge in [-0.1, -0.05) is 36.2 Å². The largest absolute Gasteiger partial charge is 0.409 e. The molecule has 1 aromatic rings. The zero-order chi connectivity index (χ0) is 13.5. The van der Waals surface area contributed by atoms with E-state index in [2.05, 4.69) is 10.5 Å². The third-order valence-corrected chi connectivity index (χ3v) is 2.67. The number of carbonyl (C=O) groups excluding carboxylic acids is 1. The predicted octanol–water partition coefficient (Wildman–Crippen LogP) is 1.64. The molecule has 0 fully saturated rings. The van der Waals surface area contributed by atoms with Crippen molar-refractivity contribution in [3.05, 3.63) is 35.4 Å². The molecule has 0 saturated carbocycles. The summed E-state index contributed by atoms with van der Waals surface area (Å²) < 4.78 is 0. The molecular formula is C13H19N3O2. The van der Waals surface area contributed by atoms with Crippen LogP contribution in [0.15, 0.2) is 29.4 Å². The Bertz CT molecular complexity index is 426. The number of carbonyl (C=O) groups is 1. The van der Waals surface area contributed by atoms with E-state index in [1.54, 1.807) is 12.1 Å². The molecule has 1 aromatic carbocycles. The van der Waals surface area contributed by atoms with Crippen molar-refractivity contribution in [1.82, 2.24) is 5.32 Å². The van der Waals surface area contributed by atoms with Gasteiger partial charge in [0.1, 0.15) is 0 Å². The van der Waals surface area contributed by atoms with Gasteiger partial charge in [0.05, 0.1) is 6.04 Å². The SMILES string of the molecule is CCCC(NC(=O)c1ccc(C)cc1)/C(N)=N/O. The Morgan fingerprint density at radius 3 is 2.56 bits per heavy atom. The first-order chi connectivity index (χ1) is 8.58. The molecule has 1 rings (SSSR count). The van der Waals surface area contributed by atoms with Crippen LogP contribution in [0.25, 0.3) is 0 Å². The van der Waals surface area contributed by atoms with E-state index in [4.69, 9.17) is 10.9 Å². The fourth-order valence-electron chi connectivity index (χ4n) is 1.60. The molecule has 0 radical (unpaired) electrons. The van der Waals surface area contributed by atoms with Crippen molar-refractivity contribution in [3.63, 3.8) is 0 Å². The van der Waals surface area contributed by atoms with Gasteiger partial charge in [0, 0.05) is 5.56 Å². The quantitative estimate of drug-likeness (QED) is 0.321. The average Bonchev–Trinajstić information content (AvgIpc) is 2.38. The highest BCUT2D eigenvalue weighted by atomic mass is 16.4. The van der Waals surface area contributed by atoms with Crippen molar-refractivity contribution in [3.8, 4) is 0 Å². The molecule has 5 heteroatoms. The second-order valence-electron chi connectivity index (χ2n) is 4.21. The summed E-state index contributed by atoms with van der Waals surface area (Å²) in [6.45, 7) is 3.92. The molecule has 1 amide bonds. The van der Waals surface area contributed by atoms with Crippen molar-refractivity contribution in [2.75, 3.05) is 0 Å². The fraction of sp³-hybridized carbons (Fsp3) is 0.385. The van der Waals surface area contributed by atoms with Crippen molar-refractivity contribution >= 4 is 11.7 Å². The third-order valence-electron chi connectivity index (χ3n) is 2.67. The molecule has 0 heterocycles. The van der Waals surface area contributed by atoms with Crippen LogP contribution in [0.3, 0.4) is 0 Å². The second-order valence-corrected chi connectivity index (χ2v) is 4.21. The maximum Gasteiger partial charge on any atom is 0.251 e. The molecule has 4 N–H and O–H groups in total. The second kappa shape index (κ2) is 6.64. The van der Waals surface area contributed by atoms with Crippen LogP contribution in [0, 0.1) is 6.92 Å². The van der Waals surface area contributed by atoms with Gasteiger partial charge >= 0.3 is 0 Å². The zero-order valence-corrected chi connectivity index (χ0v) is 10.7. The highest BCUT2D eigenvalue weighted by Crippen LogP contribution is 2.05. The molecule has 1 unspecified atom stereocenters. The van der Waals surface area contributed by atoms with Crippen LogP contribution in [0.2, 0.25) is 0 Å². The van der Waals surface area contributed by atoms with Crippen LogP contribution in [-0.4, -0.2) is 23.0 Å². The summed E-state index contributed by atoms with van der Waals surface area (Å²) in [7, 11) is 0. The van der Waals surface area contributed by atoms with Crippen LogP contribution in [-0.2, 0) is 0 Å². The summed E-state index contributed by atoms with van der Waals surface area (Å²) in [5.74, 6) is -0.197. The number of amidine groups is 1. The van der Waals surface area contributed by atoms with E-state index in [0.29, 0.717) is 12.0 Å². The maximum atomic E-state index is 12.0. The minimum absolute atomic E-state index is 0.0253. The molecular weight excluding hydrogens is 230 g/mol. The van der Waals surface area contributed by atoms with Gasteiger partial charge in [-0.05, 0) is 25.5 Å². The summed E-state index contributed by atoms with van der Waals surface area (Å²) in [5.41, 5.74) is 7.19. The van der Waals surface area contributed by atoms with Crippen molar-refractivity contribution in [1.29, 1.82) is 0 Å². The van der Waals surface area contributed by atoms with Crippen LogP contribution in [0.5, 0.6) is 0 Å². The number of benzene rings is 1. The molecule has 0 spiro atoms. The van der Waals surface area contributed by atoms with Crippen LogP contribution in [0.4, 0.5) is 0 Å². The van der Waals surface area contributed by atoms with E-state index in [1.807, 2.05) is 26.0 Å². The van der Waals surface area contributed by atoms with Gasteiger partial charge in [0.15, 0.2) is 5.84 Å². The number of oxime groups is 1. The molecule has 0 aliphatic heterocycles. The highest BCUT2D eigenvalue weighted by molar-refractivity contribution is 5.98. The molecule has 0 aliphatic rings. The van der Waals surface area contributed by atoms with Crippen LogP contribution >= 0.6 is 0 Å². The first-order valence-corrected chi connectivity index (χ1v) is 5.93. The lowest BCUT2D eigenvalue weighted by molar-refractivity contribution is 0.0945. The van der Waals surface area contributed by atoms with Crippen LogP contribution in [0.1, 0.15) is 35.7 Å². The summed E-state index contributed by atoms with van der Waals surface area (Å²) in [5, 5.41) is 14.4. The molecule has 0 aliphatic carbocycles. The Morgan fingerprint density at radius 2 is 2.06 bits per heavy atom. The first-order valence-electron chi connectivity index (χ1n) is 5.93. The predicted molar refractivity (Wildman–Crippen MR) is 70.8 cm³/mol. The summed E-state index contributed by atoms with van der Waals surface area (Å²) in [6.07, 6.45) is 1.46. The monoisotopic (exact) mass is 249 g/mol. The van der Waals surface area contributed by atoms with Crippen molar-refractivity contribution in [2.45, 2.75) is 32.7 Å². The lowest BCUT2D eigenvalue weighted by atomic mass is 10.1. The molecule has 5 nitrogen and oxygen atoms in total. The lowest BCUT2D eigenvalue weighted by Gasteiger charge is -2.16. The van der Waals surface area contributed by atoms with E-state index in [-0.39, 0.29) is 11.7 Å². The van der Waals surface area contributed by atoms with Gasteiger partial charge in [-0.3, -0.25) is 4.79 Å². The molecule has 18 heavy (non-hydrogen) atoms. The number of hydrogen-bond donors (Lipinski definition) is 3. The molecule has 0 aromatic heterocycles. The minimum atomic E-state index is -0.436. The lowest BCUT2D eigenvalue weighted by Crippen LogP contribution is -2.44. The number of amides is 1. The van der Waals surface area contributed by atoms with Crippen LogP contribution < -0.4 is 11.1 Å². The molecule has 1 atom stereocenters.